The Morgan fingerprint density at radius 1 is 1.00 bits per heavy atom. The molecule has 0 heterocycles. The minimum atomic E-state index is -1.89. The number of aliphatic hydroxyl groups is 2. The Morgan fingerprint density at radius 3 is 2.33 bits per heavy atom. The van der Waals surface area contributed by atoms with E-state index >= 15 is 0 Å². The lowest BCUT2D eigenvalue weighted by molar-refractivity contribution is -0.187. The first-order valence-corrected chi connectivity index (χ1v) is 17.8. The number of benzene rings is 1. The number of ether oxygens (including phenoxy) is 2. The molecule has 9 atom stereocenters. The van der Waals surface area contributed by atoms with Crippen molar-refractivity contribution in [2.24, 2.45) is 46.5 Å². The molecule has 0 unspecified atom stereocenters. The number of unbranched alkanes of at least 4 members (excludes halogenated alkanes) is 3. The van der Waals surface area contributed by atoms with Crippen LogP contribution in [-0.4, -0.2) is 63.4 Å². The summed E-state index contributed by atoms with van der Waals surface area (Å²) in [5, 5.41) is 24.7. The van der Waals surface area contributed by atoms with Gasteiger partial charge >= 0.3 is 11.9 Å². The smallest absolute Gasteiger partial charge is 0.323 e. The van der Waals surface area contributed by atoms with Crippen LogP contribution in [0.2, 0.25) is 0 Å². The second-order valence-electron chi connectivity index (χ2n) is 16.0. The molecule has 0 spiro atoms. The number of carbonyl (C=O) groups is 3. The van der Waals surface area contributed by atoms with Gasteiger partial charge in [-0.15, -0.1) is 0 Å². The maximum atomic E-state index is 13.5. The van der Waals surface area contributed by atoms with Gasteiger partial charge in [0.1, 0.15) is 29.9 Å². The van der Waals surface area contributed by atoms with Gasteiger partial charge in [-0.05, 0) is 61.2 Å². The molecular weight excluding hydrogens is 608 g/mol. The van der Waals surface area contributed by atoms with E-state index in [9.17, 15) is 24.6 Å². The van der Waals surface area contributed by atoms with E-state index in [-0.39, 0.29) is 24.9 Å². The van der Waals surface area contributed by atoms with E-state index in [1.54, 1.807) is 13.0 Å². The topological polar surface area (TPSA) is 162 Å². The van der Waals surface area contributed by atoms with E-state index < -0.39 is 69.8 Å². The number of nitrogens with two attached hydrogens (primary N) is 2. The van der Waals surface area contributed by atoms with E-state index in [0.717, 1.165) is 32.1 Å². The zero-order valence-electron chi connectivity index (χ0n) is 29.5. The summed E-state index contributed by atoms with van der Waals surface area (Å²) in [5.41, 5.74) is 9.88. The molecule has 264 valence electrons. The van der Waals surface area contributed by atoms with Crippen molar-refractivity contribution < 1.29 is 34.1 Å². The monoisotopic (exact) mass is 664 g/mol. The molecule has 2 saturated carbocycles. The molecule has 4 aliphatic carbocycles. The van der Waals surface area contributed by atoms with Gasteiger partial charge in [-0.25, -0.2) is 0 Å². The second kappa shape index (κ2) is 13.5. The molecule has 2 fully saturated rings. The molecule has 6 N–H and O–H groups in total. The highest BCUT2D eigenvalue weighted by Crippen LogP contribution is 2.76. The molecule has 5 rings (SSSR count). The molecule has 9 nitrogen and oxygen atoms in total. The van der Waals surface area contributed by atoms with Crippen LogP contribution < -0.4 is 11.5 Å². The molecule has 0 saturated heterocycles. The van der Waals surface area contributed by atoms with Crippen molar-refractivity contribution in [2.75, 3.05) is 6.61 Å². The molecule has 48 heavy (non-hydrogen) atoms. The highest BCUT2D eigenvalue weighted by Gasteiger charge is 2.83. The van der Waals surface area contributed by atoms with E-state index in [1.807, 2.05) is 46.8 Å². The third-order valence-electron chi connectivity index (χ3n) is 12.2. The van der Waals surface area contributed by atoms with Gasteiger partial charge in [0.2, 0.25) is 0 Å². The van der Waals surface area contributed by atoms with Gasteiger partial charge in [0.15, 0.2) is 5.78 Å². The summed E-state index contributed by atoms with van der Waals surface area (Å²) in [5.74, 6) is -3.81. The van der Waals surface area contributed by atoms with Gasteiger partial charge in [-0.2, -0.15) is 0 Å². The predicted octanol–water partition coefficient (Wildman–Crippen LogP) is 4.56. The number of rotatable bonds is 13. The Bertz CT molecular complexity index is 1450. The van der Waals surface area contributed by atoms with Crippen molar-refractivity contribution >= 4 is 17.7 Å². The molecule has 1 aromatic rings. The predicted molar refractivity (Wildman–Crippen MR) is 183 cm³/mol. The standard InChI is InChI=1S/C39H56N2O7/c1-23(2)31(41)35(44)47-22-27-19-28-32-36(5,6)38(32,20-25(4)39(28,46)30-18-24(3)33(42)37(30,45)21-27)48-34(43)29(40)17-13-8-7-10-14-26-15-11-9-12-16-26/h9,11-12,15-16,18-19,23,25,28-32,45-46H,7-8,10,13-14,17,20-22,40-41H2,1-6H3/t25-,28+,29+,30-,31+,32-,37-,38+,39-/m1/s1. The van der Waals surface area contributed by atoms with E-state index in [2.05, 4.69) is 24.3 Å². The number of esters is 2. The fourth-order valence-electron chi connectivity index (χ4n) is 9.19. The molecule has 1 aromatic carbocycles. The van der Waals surface area contributed by atoms with Crippen LogP contribution in [0, 0.1) is 35.0 Å². The van der Waals surface area contributed by atoms with E-state index in [0.29, 0.717) is 24.0 Å². The fraction of sp³-hybridized carbons (Fsp3) is 0.667. The number of hydrogen-bond donors (Lipinski definition) is 4. The second-order valence-corrected chi connectivity index (χ2v) is 16.0. The molecule has 0 aromatic heterocycles. The van der Waals surface area contributed by atoms with Gasteiger partial charge in [0.25, 0.3) is 0 Å². The minimum absolute atomic E-state index is 0.0871. The van der Waals surface area contributed by atoms with Crippen molar-refractivity contribution in [3.05, 3.63) is 59.2 Å². The number of fused-ring (bicyclic) bond motifs is 5. The Balaban J connectivity index is 1.32. The molecule has 0 radical (unpaired) electrons. The van der Waals surface area contributed by atoms with Crippen LogP contribution in [0.3, 0.4) is 0 Å². The van der Waals surface area contributed by atoms with Crippen LogP contribution in [-0.2, 0) is 30.3 Å². The lowest BCUT2D eigenvalue weighted by atomic mass is 9.60. The SMILES string of the molecule is CC1=C[C@H]2[C@@]3(O)[C@H](C)C[C@]4(OC(=O)[C@@H](N)CCCCCCc5ccccc5)[C@H]([C@@H]3C=C(COC(=O)[C@@H](N)C(C)C)C[C@]2(O)C1=O)C4(C)C. The van der Waals surface area contributed by atoms with Crippen molar-refractivity contribution in [3.63, 3.8) is 0 Å². The summed E-state index contributed by atoms with van der Waals surface area (Å²) >= 11 is 0. The summed E-state index contributed by atoms with van der Waals surface area (Å²) in [7, 11) is 0. The Morgan fingerprint density at radius 2 is 1.67 bits per heavy atom. The van der Waals surface area contributed by atoms with Crippen molar-refractivity contribution in [1.29, 1.82) is 0 Å². The number of hydrogen-bond acceptors (Lipinski definition) is 9. The van der Waals surface area contributed by atoms with Crippen LogP contribution in [0.25, 0.3) is 0 Å². The molecule has 9 heteroatoms. The summed E-state index contributed by atoms with van der Waals surface area (Å²) in [6.07, 6.45) is 9.37. The summed E-state index contributed by atoms with van der Waals surface area (Å²) in [6.45, 7) is 11.1. The lowest BCUT2D eigenvalue weighted by Crippen LogP contribution is -2.61. The van der Waals surface area contributed by atoms with Gasteiger partial charge < -0.3 is 31.2 Å². The quantitative estimate of drug-likeness (QED) is 0.135. The van der Waals surface area contributed by atoms with Gasteiger partial charge in [0.05, 0.1) is 5.60 Å². The average Bonchev–Trinajstić information content (AvgIpc) is 3.45. The van der Waals surface area contributed by atoms with Crippen molar-refractivity contribution in [2.45, 2.75) is 122 Å². The van der Waals surface area contributed by atoms with Crippen LogP contribution in [0.5, 0.6) is 0 Å². The fourth-order valence-corrected chi connectivity index (χ4v) is 9.19. The molecule has 0 amide bonds. The molecule has 4 aliphatic rings. The third kappa shape index (κ3) is 6.21. The van der Waals surface area contributed by atoms with Crippen molar-refractivity contribution in [1.82, 2.24) is 0 Å². The van der Waals surface area contributed by atoms with Crippen LogP contribution in [0.15, 0.2) is 53.6 Å². The van der Waals surface area contributed by atoms with E-state index in [1.165, 1.54) is 5.56 Å². The highest BCUT2D eigenvalue weighted by molar-refractivity contribution is 6.04. The molecule has 0 aliphatic heterocycles. The number of carbonyl (C=O) groups excluding carboxylic acids is 3. The molecular formula is C39H56N2O7. The number of aryl methyl sites for hydroxylation is 1. The minimum Gasteiger partial charge on any atom is -0.460 e. The Kier molecular flexibility index (Phi) is 10.2. The zero-order chi connectivity index (χ0) is 35.2. The first-order valence-electron chi connectivity index (χ1n) is 17.8. The first kappa shape index (κ1) is 36.4. The third-order valence-corrected chi connectivity index (χ3v) is 12.2. The zero-order valence-corrected chi connectivity index (χ0v) is 29.5. The number of Topliss-reactive ketones (excluding diaryl/α,β-unsaturated/α-hetero) is 1. The number of ketones is 1. The van der Waals surface area contributed by atoms with Gasteiger partial charge in [-0.3, -0.25) is 14.4 Å². The van der Waals surface area contributed by atoms with Crippen molar-refractivity contribution in [3.8, 4) is 0 Å². The van der Waals surface area contributed by atoms with Gasteiger partial charge in [0, 0.05) is 29.6 Å². The van der Waals surface area contributed by atoms with Crippen LogP contribution in [0.4, 0.5) is 0 Å². The van der Waals surface area contributed by atoms with E-state index in [4.69, 9.17) is 20.9 Å². The average molecular weight is 665 g/mol. The Hall–Kier alpha value is -2.85. The van der Waals surface area contributed by atoms with Gasteiger partial charge in [-0.1, -0.05) is 96.4 Å². The largest absolute Gasteiger partial charge is 0.460 e. The summed E-state index contributed by atoms with van der Waals surface area (Å²) in [6, 6.07) is 8.84. The highest BCUT2D eigenvalue weighted by atomic mass is 16.6. The van der Waals surface area contributed by atoms with Crippen LogP contribution >= 0.6 is 0 Å². The Labute approximate surface area is 285 Å². The normalized spacial score (nSPS) is 34.5. The molecule has 0 bridgehead atoms. The maximum absolute atomic E-state index is 13.5. The summed E-state index contributed by atoms with van der Waals surface area (Å²) < 4.78 is 12.0. The lowest BCUT2D eigenvalue weighted by Gasteiger charge is -2.50. The maximum Gasteiger partial charge on any atom is 0.323 e. The summed E-state index contributed by atoms with van der Waals surface area (Å²) in [4.78, 5) is 39.7. The van der Waals surface area contributed by atoms with Crippen LogP contribution in [0.1, 0.15) is 92.1 Å². The first-order chi connectivity index (χ1) is 22.5.